The number of halogens is 5. The van der Waals surface area contributed by atoms with E-state index >= 15 is 0 Å². The van der Waals surface area contributed by atoms with Gasteiger partial charge in [0.15, 0.2) is 0 Å². The number of benzene rings is 1. The molecule has 1 N–H and O–H groups in total. The van der Waals surface area contributed by atoms with Gasteiger partial charge in [0.1, 0.15) is 29.9 Å². The average Bonchev–Trinajstić information content (AvgIpc) is 2.81. The van der Waals surface area contributed by atoms with Crippen molar-refractivity contribution in [1.82, 2.24) is 0 Å². The molecule has 0 aliphatic carbocycles. The third-order valence-electron chi connectivity index (χ3n) is 2.72. The SMILES string of the molecule is OC(COCC(F)(F)C(F)F)c1cc2cc(F)ccc2o1. The van der Waals surface area contributed by atoms with Crippen LogP contribution in [0.1, 0.15) is 11.9 Å². The largest absolute Gasteiger partial charge is 0.458 e. The molecule has 3 nitrogen and oxygen atoms in total. The Kier molecular flexibility index (Phi) is 4.48. The van der Waals surface area contributed by atoms with Crippen molar-refractivity contribution in [3.05, 3.63) is 35.8 Å². The molecule has 0 saturated heterocycles. The van der Waals surface area contributed by atoms with Gasteiger partial charge < -0.3 is 14.3 Å². The minimum Gasteiger partial charge on any atom is -0.458 e. The van der Waals surface area contributed by atoms with Crippen LogP contribution in [-0.2, 0) is 4.74 Å². The van der Waals surface area contributed by atoms with Gasteiger partial charge in [-0.25, -0.2) is 13.2 Å². The van der Waals surface area contributed by atoms with Crippen LogP contribution in [0.4, 0.5) is 22.0 Å². The van der Waals surface area contributed by atoms with Gasteiger partial charge in [0.05, 0.1) is 6.61 Å². The van der Waals surface area contributed by atoms with E-state index in [1.165, 1.54) is 18.2 Å². The van der Waals surface area contributed by atoms with E-state index in [0.29, 0.717) is 11.0 Å². The van der Waals surface area contributed by atoms with Crippen LogP contribution in [-0.4, -0.2) is 30.7 Å². The van der Waals surface area contributed by atoms with Crippen LogP contribution in [0.5, 0.6) is 0 Å². The molecule has 0 aliphatic heterocycles. The molecule has 0 radical (unpaired) electrons. The van der Waals surface area contributed by atoms with Crippen molar-refractivity contribution in [2.24, 2.45) is 0 Å². The van der Waals surface area contributed by atoms with Crippen LogP contribution in [0.2, 0.25) is 0 Å². The zero-order valence-corrected chi connectivity index (χ0v) is 10.5. The van der Waals surface area contributed by atoms with Crippen LogP contribution in [0.3, 0.4) is 0 Å². The highest BCUT2D eigenvalue weighted by atomic mass is 19.3. The third-order valence-corrected chi connectivity index (χ3v) is 2.72. The van der Waals surface area contributed by atoms with Gasteiger partial charge in [-0.1, -0.05) is 0 Å². The molecule has 1 aromatic carbocycles. The molecule has 1 atom stereocenters. The Labute approximate surface area is 115 Å². The summed E-state index contributed by atoms with van der Waals surface area (Å²) in [4.78, 5) is 0. The molecule has 2 rings (SSSR count). The van der Waals surface area contributed by atoms with Crippen LogP contribution in [0.15, 0.2) is 28.7 Å². The quantitative estimate of drug-likeness (QED) is 0.830. The Bertz CT molecular complexity index is 611. The normalized spacial score (nSPS) is 14.0. The maximum absolute atomic E-state index is 13.0. The molecule has 0 saturated carbocycles. The Morgan fingerprint density at radius 2 is 1.95 bits per heavy atom. The van der Waals surface area contributed by atoms with E-state index in [1.54, 1.807) is 0 Å². The topological polar surface area (TPSA) is 42.6 Å². The molecule has 8 heteroatoms. The molecule has 21 heavy (non-hydrogen) atoms. The van der Waals surface area contributed by atoms with Crippen LogP contribution < -0.4 is 0 Å². The number of rotatable bonds is 6. The summed E-state index contributed by atoms with van der Waals surface area (Å²) in [6, 6.07) is 4.98. The Morgan fingerprint density at radius 1 is 1.24 bits per heavy atom. The number of furan rings is 1. The van der Waals surface area contributed by atoms with Gasteiger partial charge in [-0.2, -0.15) is 8.78 Å². The molecule has 1 aromatic heterocycles. The number of ether oxygens (including phenoxy) is 1. The van der Waals surface area contributed by atoms with Gasteiger partial charge in [0, 0.05) is 5.39 Å². The second kappa shape index (κ2) is 5.98. The summed E-state index contributed by atoms with van der Waals surface area (Å²) in [6.07, 6.45) is -5.27. The zero-order chi connectivity index (χ0) is 15.6. The lowest BCUT2D eigenvalue weighted by Gasteiger charge is -2.16. The predicted octanol–water partition coefficient (Wildman–Crippen LogP) is 3.52. The minimum absolute atomic E-state index is 0.0315. The molecule has 1 unspecified atom stereocenters. The first kappa shape index (κ1) is 15.7. The highest BCUT2D eigenvalue weighted by molar-refractivity contribution is 5.77. The van der Waals surface area contributed by atoms with E-state index in [0.717, 1.165) is 6.07 Å². The van der Waals surface area contributed by atoms with Gasteiger partial charge in [-0.05, 0) is 24.3 Å². The molecular formula is C13H11F5O3. The standard InChI is InChI=1S/C13H11F5O3/c14-8-1-2-10-7(3-8)4-11(21-10)9(19)5-20-6-13(17,18)12(15)16/h1-4,9,12,19H,5-6H2. The molecular weight excluding hydrogens is 299 g/mol. The highest BCUT2D eigenvalue weighted by Crippen LogP contribution is 2.26. The summed E-state index contributed by atoms with van der Waals surface area (Å²) in [6.45, 7) is -2.17. The van der Waals surface area contributed by atoms with E-state index in [4.69, 9.17) is 4.42 Å². The fourth-order valence-corrected chi connectivity index (χ4v) is 1.65. The zero-order valence-electron chi connectivity index (χ0n) is 10.5. The maximum atomic E-state index is 13.0. The summed E-state index contributed by atoms with van der Waals surface area (Å²) >= 11 is 0. The molecule has 116 valence electrons. The first-order valence-electron chi connectivity index (χ1n) is 5.90. The van der Waals surface area contributed by atoms with Crippen molar-refractivity contribution in [3.8, 4) is 0 Å². The van der Waals surface area contributed by atoms with Gasteiger partial charge in [-0.3, -0.25) is 0 Å². The smallest absolute Gasteiger partial charge is 0.330 e. The van der Waals surface area contributed by atoms with Crippen molar-refractivity contribution < 1.29 is 36.2 Å². The van der Waals surface area contributed by atoms with Gasteiger partial charge in [-0.15, -0.1) is 0 Å². The first-order chi connectivity index (χ1) is 9.79. The number of alkyl halides is 4. The van der Waals surface area contributed by atoms with E-state index in [-0.39, 0.29) is 5.76 Å². The van der Waals surface area contributed by atoms with Gasteiger partial charge in [0.25, 0.3) is 0 Å². The van der Waals surface area contributed by atoms with Gasteiger partial charge in [0.2, 0.25) is 0 Å². The highest BCUT2D eigenvalue weighted by Gasteiger charge is 2.41. The van der Waals surface area contributed by atoms with Crippen LogP contribution in [0, 0.1) is 5.82 Å². The fourth-order valence-electron chi connectivity index (χ4n) is 1.65. The molecule has 0 aliphatic rings. The van der Waals surface area contributed by atoms with E-state index in [9.17, 15) is 27.1 Å². The lowest BCUT2D eigenvalue weighted by Crippen LogP contribution is -2.33. The Hall–Kier alpha value is -1.67. The Balaban J connectivity index is 1.97. The van der Waals surface area contributed by atoms with Crippen molar-refractivity contribution in [2.75, 3.05) is 13.2 Å². The maximum Gasteiger partial charge on any atom is 0.330 e. The predicted molar refractivity (Wildman–Crippen MR) is 62.9 cm³/mol. The molecule has 2 aromatic rings. The summed E-state index contributed by atoms with van der Waals surface area (Å²) < 4.78 is 71.5. The first-order valence-corrected chi connectivity index (χ1v) is 5.90. The summed E-state index contributed by atoms with van der Waals surface area (Å²) in [7, 11) is 0. The van der Waals surface area contributed by atoms with Crippen LogP contribution >= 0.6 is 0 Å². The second-order valence-corrected chi connectivity index (χ2v) is 4.42. The summed E-state index contributed by atoms with van der Waals surface area (Å²) in [5, 5.41) is 10.1. The fraction of sp³-hybridized carbons (Fsp3) is 0.385. The Morgan fingerprint density at radius 3 is 2.62 bits per heavy atom. The van der Waals surface area contributed by atoms with E-state index < -0.39 is 37.5 Å². The van der Waals surface area contributed by atoms with Crippen molar-refractivity contribution in [1.29, 1.82) is 0 Å². The number of aliphatic hydroxyl groups excluding tert-OH is 1. The lowest BCUT2D eigenvalue weighted by molar-refractivity contribution is -0.171. The summed E-state index contributed by atoms with van der Waals surface area (Å²) in [5.41, 5.74) is 0.295. The number of hydrogen-bond acceptors (Lipinski definition) is 3. The second-order valence-electron chi connectivity index (χ2n) is 4.42. The molecule has 0 spiro atoms. The molecule has 0 fully saturated rings. The average molecular weight is 310 g/mol. The van der Waals surface area contributed by atoms with Crippen LogP contribution in [0.25, 0.3) is 11.0 Å². The monoisotopic (exact) mass is 310 g/mol. The molecule has 0 amide bonds. The number of hydrogen-bond donors (Lipinski definition) is 1. The molecule has 0 bridgehead atoms. The lowest BCUT2D eigenvalue weighted by atomic mass is 10.2. The minimum atomic E-state index is -4.28. The van der Waals surface area contributed by atoms with E-state index in [1.807, 2.05) is 0 Å². The van der Waals surface area contributed by atoms with Crippen molar-refractivity contribution in [2.45, 2.75) is 18.5 Å². The number of fused-ring (bicyclic) bond motifs is 1. The van der Waals surface area contributed by atoms with Gasteiger partial charge >= 0.3 is 12.3 Å². The van der Waals surface area contributed by atoms with Crippen molar-refractivity contribution in [3.63, 3.8) is 0 Å². The summed E-state index contributed by atoms with van der Waals surface area (Å²) in [5.74, 6) is -4.82. The molecule has 1 heterocycles. The third kappa shape index (κ3) is 3.70. The number of aliphatic hydroxyl groups is 1. The van der Waals surface area contributed by atoms with Crippen molar-refractivity contribution >= 4 is 11.0 Å². The van der Waals surface area contributed by atoms with E-state index in [2.05, 4.69) is 4.74 Å².